The molecule has 1 N–H and O–H groups in total. The minimum Gasteiger partial charge on any atom is -0.488 e. The molecule has 0 unspecified atom stereocenters. The molecule has 0 fully saturated rings. The van der Waals surface area contributed by atoms with E-state index in [1.165, 1.54) is 65.7 Å². The molecule has 0 bridgehead atoms. The topological polar surface area (TPSA) is 143 Å². The summed E-state index contributed by atoms with van der Waals surface area (Å²) in [4.78, 5) is 21.8. The first-order valence-electron chi connectivity index (χ1n) is 13.8. The third-order valence-corrected chi connectivity index (χ3v) is 9.20. The highest BCUT2D eigenvalue weighted by Gasteiger charge is 2.16. The highest BCUT2D eigenvalue weighted by molar-refractivity contribution is 7.90. The minimum atomic E-state index is -3.34. The van der Waals surface area contributed by atoms with Crippen molar-refractivity contribution in [3.05, 3.63) is 75.2 Å². The van der Waals surface area contributed by atoms with Crippen LogP contribution in [0.15, 0.2) is 58.1 Å². The molecule has 2 aromatic heterocycles. The quantitative estimate of drug-likeness (QED) is 0.144. The average molecular weight is 696 g/mol. The zero-order valence-electron chi connectivity index (χ0n) is 26.2. The fourth-order valence-corrected chi connectivity index (χ4v) is 6.07. The second kappa shape index (κ2) is 16.4. The van der Waals surface area contributed by atoms with Crippen LogP contribution in [0.3, 0.4) is 0 Å². The van der Waals surface area contributed by atoms with Crippen LogP contribution in [-0.2, 0) is 36.7 Å². The monoisotopic (exact) mass is 695 g/mol. The van der Waals surface area contributed by atoms with Gasteiger partial charge in [0.1, 0.15) is 23.4 Å². The maximum Gasteiger partial charge on any atom is 0.257 e. The lowest BCUT2D eigenvalue weighted by atomic mass is 10.2. The largest absolute Gasteiger partial charge is 0.488 e. The smallest absolute Gasteiger partial charge is 0.257 e. The van der Waals surface area contributed by atoms with E-state index < -0.39 is 23.1 Å². The maximum atomic E-state index is 13.0. The Morgan fingerprint density at radius 3 is 2.22 bits per heavy atom. The van der Waals surface area contributed by atoms with Crippen molar-refractivity contribution in [3.8, 4) is 17.2 Å². The molecule has 45 heavy (non-hydrogen) atoms. The first-order valence-corrected chi connectivity index (χ1v) is 20.0. The van der Waals surface area contributed by atoms with Gasteiger partial charge in [0.15, 0.2) is 22.3 Å². The van der Waals surface area contributed by atoms with Gasteiger partial charge in [0.2, 0.25) is 0 Å². The second-order valence-electron chi connectivity index (χ2n) is 10.3. The Hall–Kier alpha value is -3.13. The first-order chi connectivity index (χ1) is 21.1. The molecule has 244 valence electrons. The van der Waals surface area contributed by atoms with Gasteiger partial charge in [-0.1, -0.05) is 6.92 Å². The average Bonchev–Trinajstić information content (AvgIpc) is 3.60. The van der Waals surface area contributed by atoms with Crippen molar-refractivity contribution in [1.82, 2.24) is 9.97 Å². The summed E-state index contributed by atoms with van der Waals surface area (Å²) in [6, 6.07) is 10.7. The van der Waals surface area contributed by atoms with Gasteiger partial charge in [0, 0.05) is 49.1 Å². The zero-order valence-corrected chi connectivity index (χ0v) is 29.6. The number of thiazole rings is 2. The molecule has 2 heterocycles. The predicted octanol–water partition coefficient (Wildman–Crippen LogP) is 7.07. The zero-order chi connectivity index (χ0) is 33.2. The fourth-order valence-electron chi connectivity index (χ4n) is 3.61. The van der Waals surface area contributed by atoms with E-state index in [4.69, 9.17) is 18.7 Å². The molecule has 0 aliphatic heterocycles. The maximum absolute atomic E-state index is 13.0. The molecule has 0 spiro atoms. The molecule has 0 aliphatic rings. The number of nitrogens with zero attached hydrogens (tertiary/aromatic N) is 2. The predicted molar refractivity (Wildman–Crippen MR) is 179 cm³/mol. The number of rotatable bonds is 13. The number of aryl methyl sites for hydroxylation is 2. The number of aromatic nitrogens is 2. The number of anilines is 1. The van der Waals surface area contributed by atoms with Gasteiger partial charge in [-0.15, -0.1) is 22.7 Å². The van der Waals surface area contributed by atoms with Gasteiger partial charge in [-0.25, -0.2) is 18.4 Å². The van der Waals surface area contributed by atoms with Gasteiger partial charge in [0.25, 0.3) is 5.91 Å². The lowest BCUT2D eigenvalue weighted by Crippen LogP contribution is -2.18. The second-order valence-corrected chi connectivity index (χ2v) is 17.0. The van der Waals surface area contributed by atoms with Crippen LogP contribution in [0.5, 0.6) is 17.2 Å². The molecular weight excluding hydrogens is 658 g/mol. The molecule has 0 saturated heterocycles. The number of ether oxygens (including phenoxy) is 3. The third kappa shape index (κ3) is 12.6. The van der Waals surface area contributed by atoms with Crippen molar-refractivity contribution in [2.24, 2.45) is 0 Å². The van der Waals surface area contributed by atoms with Crippen molar-refractivity contribution in [1.29, 1.82) is 0 Å². The van der Waals surface area contributed by atoms with Gasteiger partial charge in [0.05, 0.1) is 34.5 Å². The van der Waals surface area contributed by atoms with Crippen LogP contribution in [0.4, 0.5) is 5.13 Å². The first kappa shape index (κ1) is 36.3. The summed E-state index contributed by atoms with van der Waals surface area (Å²) in [6.07, 6.45) is 1.89. The van der Waals surface area contributed by atoms with Crippen LogP contribution in [-0.4, -0.2) is 63.7 Å². The molecule has 1 atom stereocenters. The molecular formula is C30H38N3O8PS3. The van der Waals surface area contributed by atoms with Crippen molar-refractivity contribution in [3.63, 3.8) is 0 Å². The van der Waals surface area contributed by atoms with E-state index in [9.17, 15) is 17.8 Å². The van der Waals surface area contributed by atoms with Crippen molar-refractivity contribution < 1.29 is 36.5 Å². The number of hydrogen-bond donors (Lipinski definition) is 1. The summed E-state index contributed by atoms with van der Waals surface area (Å²) in [6.45, 7) is 9.43. The van der Waals surface area contributed by atoms with Gasteiger partial charge >= 0.3 is 0 Å². The number of amides is 1. The molecule has 0 aliphatic carbocycles. The number of methoxy groups -OCH3 is 1. The number of nitrogens with one attached hydrogen (secondary N) is 1. The van der Waals surface area contributed by atoms with Gasteiger partial charge in [-0.3, -0.25) is 14.7 Å². The summed E-state index contributed by atoms with van der Waals surface area (Å²) < 4.78 is 57.4. The highest BCUT2D eigenvalue weighted by Crippen LogP contribution is 2.38. The normalized spacial score (nSPS) is 12.2. The molecule has 15 heteroatoms. The Balaban J connectivity index is 0.000000598. The Bertz CT molecular complexity index is 1720. The molecule has 4 rings (SSSR count). The lowest BCUT2D eigenvalue weighted by Gasteiger charge is -2.16. The Kier molecular flexibility index (Phi) is 13.3. The third-order valence-electron chi connectivity index (χ3n) is 5.69. The van der Waals surface area contributed by atoms with Gasteiger partial charge < -0.3 is 18.7 Å². The van der Waals surface area contributed by atoms with Crippen molar-refractivity contribution in [2.45, 2.75) is 44.8 Å². The van der Waals surface area contributed by atoms with E-state index in [0.29, 0.717) is 34.7 Å². The standard InChI is InChI=1S/C24H29N2O8PS2.C6H9NS/c1-16(13-31-2)33-20-10-17(23(27)26-24-25-18(15-36-24)14-32-35(3,4)28)11-21(12-20)34-19-6-8-22(9-7-19)37(5,29)30;1-3-6-4-8-5(2)7-6/h6-12,15-16H,13-14H2,1-5H3,(H,25,26,27);4H,3H2,1-2H3/t16-;/m0./s1. The Morgan fingerprint density at radius 1 is 1.00 bits per heavy atom. The molecule has 4 aromatic rings. The summed E-state index contributed by atoms with van der Waals surface area (Å²) in [7, 11) is -4.44. The van der Waals surface area contributed by atoms with Gasteiger partial charge in [-0.05, 0) is 56.7 Å². The van der Waals surface area contributed by atoms with Crippen LogP contribution in [0, 0.1) is 6.92 Å². The van der Waals surface area contributed by atoms with Crippen LogP contribution >= 0.6 is 30.0 Å². The van der Waals surface area contributed by atoms with Crippen LogP contribution in [0.25, 0.3) is 0 Å². The Morgan fingerprint density at radius 2 is 1.67 bits per heavy atom. The van der Waals surface area contributed by atoms with Gasteiger partial charge in [-0.2, -0.15) is 0 Å². The fraction of sp³-hybridized carbons (Fsp3) is 0.367. The van der Waals surface area contributed by atoms with E-state index >= 15 is 0 Å². The Labute approximate surface area is 272 Å². The number of sulfone groups is 1. The number of carbonyl (C=O) groups excluding carboxylic acids is 1. The van der Waals surface area contributed by atoms with E-state index in [1.807, 2.05) is 13.8 Å². The molecule has 0 radical (unpaired) electrons. The number of benzene rings is 2. The highest BCUT2D eigenvalue weighted by atomic mass is 32.2. The summed E-state index contributed by atoms with van der Waals surface area (Å²) in [5.74, 6) is 0.638. The molecule has 1 amide bonds. The lowest BCUT2D eigenvalue weighted by molar-refractivity contribution is 0.0916. The van der Waals surface area contributed by atoms with Crippen LogP contribution in [0.1, 0.15) is 40.6 Å². The van der Waals surface area contributed by atoms with Crippen LogP contribution in [0.2, 0.25) is 0 Å². The molecule has 11 nitrogen and oxygen atoms in total. The van der Waals surface area contributed by atoms with Crippen LogP contribution < -0.4 is 14.8 Å². The van der Waals surface area contributed by atoms with Crippen molar-refractivity contribution >= 4 is 50.9 Å². The summed E-state index contributed by atoms with van der Waals surface area (Å²) in [5, 5.41) is 8.08. The summed E-state index contributed by atoms with van der Waals surface area (Å²) >= 11 is 2.93. The molecule has 2 aromatic carbocycles. The van der Waals surface area contributed by atoms with E-state index in [2.05, 4.69) is 27.6 Å². The number of hydrogen-bond acceptors (Lipinski definition) is 12. The van der Waals surface area contributed by atoms with E-state index in [0.717, 1.165) is 12.7 Å². The molecule has 0 saturated carbocycles. The van der Waals surface area contributed by atoms with E-state index in [-0.39, 0.29) is 23.2 Å². The van der Waals surface area contributed by atoms with E-state index in [1.54, 1.807) is 36.0 Å². The SMILES string of the molecule is CCc1csc(C)n1.COC[C@H](C)Oc1cc(Oc2ccc(S(C)(=O)=O)cc2)cc(C(=O)Nc2nc(COP(C)(C)=O)cs2)c1. The number of carbonyl (C=O) groups is 1. The van der Waals surface area contributed by atoms with Crippen molar-refractivity contribution in [2.75, 3.05) is 38.6 Å². The summed E-state index contributed by atoms with van der Waals surface area (Å²) in [5.41, 5.74) is 2.02. The minimum absolute atomic E-state index is 0.0769.